The number of hydrogen-bond donors (Lipinski definition) is 2. The first-order valence-electron chi connectivity index (χ1n) is 6.48. The van der Waals surface area contributed by atoms with E-state index in [1.165, 1.54) is 0 Å². The molecule has 2 aromatic carbocycles. The third kappa shape index (κ3) is 3.76. The zero-order chi connectivity index (χ0) is 16.2. The number of carbonyl (C=O) groups excluding carboxylic acids is 1. The summed E-state index contributed by atoms with van der Waals surface area (Å²) in [6.07, 6.45) is 0. The third-order valence-corrected chi connectivity index (χ3v) is 4.77. The van der Waals surface area contributed by atoms with Crippen LogP contribution in [0.15, 0.2) is 57.8 Å². The number of hydrogen-bond acceptors (Lipinski definition) is 3. The Balaban J connectivity index is 2.43. The topological polar surface area (TPSA) is 93.8 Å². The van der Waals surface area contributed by atoms with Crippen LogP contribution in [0.4, 0.5) is 10.5 Å². The number of amides is 2. The maximum absolute atomic E-state index is 13.0. The lowest BCUT2D eigenvalue weighted by molar-refractivity contribution is 0.257. The number of aryl methyl sites for hydroxylation is 1. The minimum absolute atomic E-state index is 0.382. The molecule has 0 radical (unpaired) electrons. The number of nitrogens with zero attached hydrogens (tertiary/aromatic N) is 1. The Labute approximate surface area is 129 Å². The summed E-state index contributed by atoms with van der Waals surface area (Å²) in [4.78, 5) is 11.5. The second-order valence-electron chi connectivity index (χ2n) is 4.60. The zero-order valence-corrected chi connectivity index (χ0v) is 13.1. The first kappa shape index (κ1) is 15.8. The summed E-state index contributed by atoms with van der Waals surface area (Å²) >= 11 is 0. The van der Waals surface area contributed by atoms with E-state index in [1.807, 2.05) is 6.92 Å². The average Bonchev–Trinajstić information content (AvgIpc) is 2.47. The van der Waals surface area contributed by atoms with E-state index in [9.17, 15) is 9.00 Å². The van der Waals surface area contributed by atoms with E-state index in [2.05, 4.69) is 9.08 Å². The smallest absolute Gasteiger partial charge is 0.348 e. The van der Waals surface area contributed by atoms with Crippen molar-refractivity contribution >= 4 is 21.6 Å². The van der Waals surface area contributed by atoms with Crippen LogP contribution in [-0.2, 0) is 9.92 Å². The molecule has 2 aromatic rings. The average molecular weight is 319 g/mol. The Kier molecular flexibility index (Phi) is 4.67. The monoisotopic (exact) mass is 319 g/mol. The number of ether oxygens (including phenoxy) is 1. The second-order valence-corrected chi connectivity index (χ2v) is 6.51. The molecule has 0 aliphatic rings. The highest BCUT2D eigenvalue weighted by Gasteiger charge is 2.14. The van der Waals surface area contributed by atoms with E-state index in [-0.39, 0.29) is 0 Å². The van der Waals surface area contributed by atoms with Gasteiger partial charge in [0.15, 0.2) is 9.92 Å². The van der Waals surface area contributed by atoms with Gasteiger partial charge < -0.3 is 10.5 Å². The van der Waals surface area contributed by atoms with Crippen LogP contribution in [0, 0.1) is 6.92 Å². The number of urea groups is 1. The van der Waals surface area contributed by atoms with Crippen LogP contribution in [0.1, 0.15) is 5.56 Å². The highest BCUT2D eigenvalue weighted by molar-refractivity contribution is 7.95. The molecule has 0 spiro atoms. The van der Waals surface area contributed by atoms with Crippen LogP contribution in [0.25, 0.3) is 0 Å². The van der Waals surface area contributed by atoms with Crippen molar-refractivity contribution in [3.63, 3.8) is 0 Å². The summed E-state index contributed by atoms with van der Waals surface area (Å²) in [5, 5.41) is 0. The molecule has 0 saturated carbocycles. The predicted octanol–water partition coefficient (Wildman–Crippen LogP) is 2.94. The van der Waals surface area contributed by atoms with Gasteiger partial charge in [-0.15, -0.1) is 4.36 Å². The van der Waals surface area contributed by atoms with Gasteiger partial charge in [-0.05, 0) is 43.3 Å². The van der Waals surface area contributed by atoms with Crippen LogP contribution in [0.3, 0.4) is 0 Å². The Morgan fingerprint density at radius 1 is 1.14 bits per heavy atom. The minimum atomic E-state index is -3.20. The number of anilines is 1. The standard InChI is InChI=1S/C15H17N3O3S/c1-11-3-9-14(10-4-11)22(20,18-15(16)19)17-12-5-7-13(21-2)8-6-12/h3-10H,1-2H3,(H3,16,17,18,19,20). The van der Waals surface area contributed by atoms with E-state index in [0.717, 1.165) is 5.56 Å². The fourth-order valence-electron chi connectivity index (χ4n) is 1.80. The molecule has 0 bridgehead atoms. The van der Waals surface area contributed by atoms with Crippen molar-refractivity contribution in [3.8, 4) is 5.75 Å². The van der Waals surface area contributed by atoms with Crippen molar-refractivity contribution in [1.29, 1.82) is 0 Å². The normalized spacial score (nSPS) is 13.0. The SMILES string of the molecule is COc1ccc(NS(=O)(=NC(N)=O)c2ccc(C)cc2)cc1. The van der Waals surface area contributed by atoms with E-state index in [1.54, 1.807) is 55.6 Å². The largest absolute Gasteiger partial charge is 0.497 e. The summed E-state index contributed by atoms with van der Waals surface area (Å²) in [5.41, 5.74) is 6.65. The molecule has 7 heteroatoms. The van der Waals surface area contributed by atoms with Crippen LogP contribution < -0.4 is 15.2 Å². The Bertz CT molecular complexity index is 777. The zero-order valence-electron chi connectivity index (χ0n) is 12.3. The van der Waals surface area contributed by atoms with Crippen LogP contribution in [0.2, 0.25) is 0 Å². The van der Waals surface area contributed by atoms with Gasteiger partial charge in [0.25, 0.3) is 0 Å². The molecule has 0 fully saturated rings. The maximum atomic E-state index is 13.0. The molecular weight excluding hydrogens is 302 g/mol. The molecule has 6 nitrogen and oxygen atoms in total. The number of benzene rings is 2. The van der Waals surface area contributed by atoms with Crippen molar-refractivity contribution in [3.05, 3.63) is 54.1 Å². The maximum Gasteiger partial charge on any atom is 0.348 e. The van der Waals surface area contributed by atoms with Crippen molar-refractivity contribution in [2.75, 3.05) is 11.8 Å². The lowest BCUT2D eigenvalue weighted by Crippen LogP contribution is -2.17. The van der Waals surface area contributed by atoms with E-state index < -0.39 is 15.9 Å². The number of carbonyl (C=O) groups is 1. The third-order valence-electron chi connectivity index (χ3n) is 2.91. The molecular formula is C15H17N3O3S. The Hall–Kier alpha value is -2.54. The molecule has 1 atom stereocenters. The molecule has 22 heavy (non-hydrogen) atoms. The number of rotatable bonds is 4. The van der Waals surface area contributed by atoms with Crippen molar-refractivity contribution < 1.29 is 13.7 Å². The summed E-state index contributed by atoms with van der Waals surface area (Å²) in [6.45, 7) is 1.91. The molecule has 0 saturated heterocycles. The van der Waals surface area contributed by atoms with Gasteiger partial charge in [0.1, 0.15) is 5.75 Å². The van der Waals surface area contributed by atoms with Crippen molar-refractivity contribution in [2.24, 2.45) is 10.1 Å². The van der Waals surface area contributed by atoms with E-state index in [4.69, 9.17) is 10.5 Å². The Morgan fingerprint density at radius 2 is 1.73 bits per heavy atom. The van der Waals surface area contributed by atoms with Gasteiger partial charge in [0.05, 0.1) is 12.0 Å². The molecule has 3 N–H and O–H groups in total. The molecule has 116 valence electrons. The van der Waals surface area contributed by atoms with Crippen LogP contribution in [-0.4, -0.2) is 17.3 Å². The quantitative estimate of drug-likeness (QED) is 0.907. The molecule has 0 aliphatic carbocycles. The summed E-state index contributed by atoms with van der Waals surface area (Å²) in [5.74, 6) is 0.666. The molecule has 1 unspecified atom stereocenters. The second kappa shape index (κ2) is 6.48. The molecule has 0 aliphatic heterocycles. The van der Waals surface area contributed by atoms with E-state index in [0.29, 0.717) is 16.3 Å². The first-order chi connectivity index (χ1) is 10.4. The first-order valence-corrected chi connectivity index (χ1v) is 7.99. The van der Waals surface area contributed by atoms with Gasteiger partial charge >= 0.3 is 6.03 Å². The Morgan fingerprint density at radius 3 is 2.23 bits per heavy atom. The fraction of sp³-hybridized carbons (Fsp3) is 0.133. The number of nitrogens with one attached hydrogen (secondary N) is 1. The fourth-order valence-corrected chi connectivity index (χ4v) is 3.29. The van der Waals surface area contributed by atoms with Crippen LogP contribution in [0.5, 0.6) is 5.75 Å². The van der Waals surface area contributed by atoms with Gasteiger partial charge in [-0.3, -0.25) is 4.72 Å². The van der Waals surface area contributed by atoms with E-state index >= 15 is 0 Å². The highest BCUT2D eigenvalue weighted by atomic mass is 32.2. The van der Waals surface area contributed by atoms with Gasteiger partial charge in [0, 0.05) is 5.69 Å². The number of methoxy groups -OCH3 is 1. The lowest BCUT2D eigenvalue weighted by Gasteiger charge is -2.13. The van der Waals surface area contributed by atoms with Gasteiger partial charge in [-0.25, -0.2) is 9.00 Å². The summed E-state index contributed by atoms with van der Waals surface area (Å²) < 4.78 is 24.4. The molecule has 0 aromatic heterocycles. The summed E-state index contributed by atoms with van der Waals surface area (Å²) in [6, 6.07) is 12.7. The summed E-state index contributed by atoms with van der Waals surface area (Å²) in [7, 11) is -1.64. The number of nitrogens with two attached hydrogens (primary N) is 1. The molecule has 2 rings (SSSR count). The number of primary amides is 1. The highest BCUT2D eigenvalue weighted by Crippen LogP contribution is 2.21. The molecule has 0 heterocycles. The van der Waals surface area contributed by atoms with Crippen molar-refractivity contribution in [1.82, 2.24) is 0 Å². The van der Waals surface area contributed by atoms with Crippen molar-refractivity contribution in [2.45, 2.75) is 11.8 Å². The van der Waals surface area contributed by atoms with Gasteiger partial charge in [-0.1, -0.05) is 17.7 Å². The minimum Gasteiger partial charge on any atom is -0.497 e. The lowest BCUT2D eigenvalue weighted by atomic mass is 10.2. The predicted molar refractivity (Wildman–Crippen MR) is 86.2 cm³/mol. The van der Waals surface area contributed by atoms with Gasteiger partial charge in [-0.2, -0.15) is 0 Å². The van der Waals surface area contributed by atoms with Gasteiger partial charge in [0.2, 0.25) is 0 Å². The van der Waals surface area contributed by atoms with Crippen LogP contribution >= 0.6 is 0 Å². The molecule has 2 amide bonds.